The van der Waals surface area contributed by atoms with Crippen LogP contribution in [-0.2, 0) is 16.6 Å². The molecular formula is C23H21FN2O5S. The number of halogens is 1. The fraction of sp³-hybridized carbons (Fsp3) is 0.174. The molecule has 0 aliphatic carbocycles. The lowest BCUT2D eigenvalue weighted by Crippen LogP contribution is -2.26. The van der Waals surface area contributed by atoms with E-state index in [1.807, 2.05) is 18.2 Å². The number of hydrogen-bond acceptors (Lipinski definition) is 5. The normalized spacial score (nSPS) is 12.8. The van der Waals surface area contributed by atoms with Gasteiger partial charge in [-0.25, -0.2) is 12.8 Å². The van der Waals surface area contributed by atoms with Gasteiger partial charge < -0.3 is 14.4 Å². The lowest BCUT2D eigenvalue weighted by atomic mass is 10.1. The van der Waals surface area contributed by atoms with Crippen LogP contribution in [0.1, 0.15) is 15.9 Å². The molecule has 3 aromatic carbocycles. The van der Waals surface area contributed by atoms with Gasteiger partial charge in [0.05, 0.1) is 4.90 Å². The number of nitrogens with zero attached hydrogens (tertiary/aromatic N) is 1. The highest BCUT2D eigenvalue weighted by Gasteiger charge is 2.18. The maximum absolute atomic E-state index is 13.0. The largest absolute Gasteiger partial charge is 0.486 e. The quantitative estimate of drug-likeness (QED) is 0.612. The van der Waals surface area contributed by atoms with Crippen molar-refractivity contribution in [2.24, 2.45) is 0 Å². The van der Waals surface area contributed by atoms with Crippen molar-refractivity contribution in [2.75, 3.05) is 25.0 Å². The molecule has 1 heterocycles. The molecule has 1 aliphatic rings. The van der Waals surface area contributed by atoms with E-state index in [0.29, 0.717) is 36.8 Å². The van der Waals surface area contributed by atoms with Crippen LogP contribution in [0, 0.1) is 5.82 Å². The van der Waals surface area contributed by atoms with Gasteiger partial charge in [0.1, 0.15) is 19.0 Å². The minimum atomic E-state index is -3.87. The van der Waals surface area contributed by atoms with Crippen LogP contribution >= 0.6 is 0 Å². The summed E-state index contributed by atoms with van der Waals surface area (Å²) in [4.78, 5) is 14.3. The molecule has 1 amide bonds. The van der Waals surface area contributed by atoms with Gasteiger partial charge in [-0.2, -0.15) is 0 Å². The number of hydrogen-bond donors (Lipinski definition) is 1. The maximum atomic E-state index is 13.0. The molecule has 0 aromatic heterocycles. The van der Waals surface area contributed by atoms with Gasteiger partial charge in [-0.05, 0) is 66.2 Å². The SMILES string of the molecule is CN(Cc1ccc2c(c1)OCCO2)C(=O)c1ccc(S(=O)(=O)Nc2ccc(F)cc2)cc1. The summed E-state index contributed by atoms with van der Waals surface area (Å²) in [6.07, 6.45) is 0. The lowest BCUT2D eigenvalue weighted by molar-refractivity contribution is 0.0784. The second kappa shape index (κ2) is 8.88. The molecule has 1 aliphatic heterocycles. The van der Waals surface area contributed by atoms with E-state index in [2.05, 4.69) is 4.72 Å². The summed E-state index contributed by atoms with van der Waals surface area (Å²) >= 11 is 0. The molecule has 1 N–H and O–H groups in total. The Morgan fingerprint density at radius 3 is 2.31 bits per heavy atom. The third kappa shape index (κ3) is 4.83. The summed E-state index contributed by atoms with van der Waals surface area (Å²) < 4.78 is 51.5. The van der Waals surface area contributed by atoms with Crippen LogP contribution in [0.15, 0.2) is 71.6 Å². The summed E-state index contributed by atoms with van der Waals surface area (Å²) in [6, 6.07) is 16.2. The molecule has 7 nitrogen and oxygen atoms in total. The average Bonchev–Trinajstić information content (AvgIpc) is 2.80. The van der Waals surface area contributed by atoms with E-state index >= 15 is 0 Å². The van der Waals surface area contributed by atoms with E-state index in [4.69, 9.17) is 9.47 Å². The summed E-state index contributed by atoms with van der Waals surface area (Å²) in [5, 5.41) is 0. The van der Waals surface area contributed by atoms with Crippen LogP contribution in [-0.4, -0.2) is 39.5 Å². The number of amides is 1. The number of carbonyl (C=O) groups is 1. The van der Waals surface area contributed by atoms with Crippen LogP contribution in [0.25, 0.3) is 0 Å². The van der Waals surface area contributed by atoms with Crippen LogP contribution in [0.4, 0.5) is 10.1 Å². The fourth-order valence-electron chi connectivity index (χ4n) is 3.26. The van der Waals surface area contributed by atoms with Gasteiger partial charge in [0, 0.05) is 24.8 Å². The zero-order chi connectivity index (χ0) is 22.7. The van der Waals surface area contributed by atoms with Gasteiger partial charge >= 0.3 is 0 Å². The van der Waals surface area contributed by atoms with Gasteiger partial charge in [0.25, 0.3) is 15.9 Å². The molecule has 0 atom stereocenters. The Hall–Kier alpha value is -3.59. The Morgan fingerprint density at radius 2 is 1.62 bits per heavy atom. The molecule has 0 radical (unpaired) electrons. The first-order valence-corrected chi connectivity index (χ1v) is 11.3. The molecule has 3 aromatic rings. The van der Waals surface area contributed by atoms with Crippen molar-refractivity contribution in [2.45, 2.75) is 11.4 Å². The predicted molar refractivity (Wildman–Crippen MR) is 117 cm³/mol. The molecule has 0 saturated carbocycles. The van der Waals surface area contributed by atoms with Crippen molar-refractivity contribution in [3.05, 3.63) is 83.7 Å². The summed E-state index contributed by atoms with van der Waals surface area (Å²) in [6.45, 7) is 1.34. The first-order chi connectivity index (χ1) is 15.3. The first-order valence-electron chi connectivity index (χ1n) is 9.84. The molecular weight excluding hydrogens is 435 g/mol. The number of nitrogens with one attached hydrogen (secondary N) is 1. The second-order valence-corrected chi connectivity index (χ2v) is 8.96. The van der Waals surface area contributed by atoms with E-state index < -0.39 is 15.8 Å². The predicted octanol–water partition coefficient (Wildman–Crippen LogP) is 3.67. The zero-order valence-corrected chi connectivity index (χ0v) is 18.1. The van der Waals surface area contributed by atoms with Crippen molar-refractivity contribution < 1.29 is 27.1 Å². The van der Waals surface area contributed by atoms with E-state index in [1.54, 1.807) is 7.05 Å². The molecule has 0 unspecified atom stereocenters. The molecule has 4 rings (SSSR count). The van der Waals surface area contributed by atoms with Crippen molar-refractivity contribution >= 4 is 21.6 Å². The van der Waals surface area contributed by atoms with Crippen LogP contribution in [0.5, 0.6) is 11.5 Å². The van der Waals surface area contributed by atoms with Crippen molar-refractivity contribution in [3.63, 3.8) is 0 Å². The topological polar surface area (TPSA) is 84.9 Å². The number of sulfonamides is 1. The molecule has 0 spiro atoms. The van der Waals surface area contributed by atoms with Crippen molar-refractivity contribution in [1.82, 2.24) is 4.90 Å². The molecule has 0 bridgehead atoms. The smallest absolute Gasteiger partial charge is 0.261 e. The average molecular weight is 456 g/mol. The van der Waals surface area contributed by atoms with Crippen molar-refractivity contribution in [3.8, 4) is 11.5 Å². The minimum Gasteiger partial charge on any atom is -0.486 e. The van der Waals surface area contributed by atoms with E-state index in [1.165, 1.54) is 41.3 Å². The Labute approximate surface area is 185 Å². The fourth-order valence-corrected chi connectivity index (χ4v) is 4.32. The number of rotatable bonds is 6. The van der Waals surface area contributed by atoms with E-state index in [-0.39, 0.29) is 16.5 Å². The van der Waals surface area contributed by atoms with Gasteiger partial charge in [-0.1, -0.05) is 6.07 Å². The number of benzene rings is 3. The third-order valence-corrected chi connectivity index (χ3v) is 6.28. The monoisotopic (exact) mass is 456 g/mol. The van der Waals surface area contributed by atoms with Gasteiger partial charge in [0.2, 0.25) is 0 Å². The Balaban J connectivity index is 1.43. The highest BCUT2D eigenvalue weighted by Crippen LogP contribution is 2.31. The lowest BCUT2D eigenvalue weighted by Gasteiger charge is -2.21. The van der Waals surface area contributed by atoms with Crippen LogP contribution in [0.2, 0.25) is 0 Å². The number of carbonyl (C=O) groups excluding carboxylic acids is 1. The number of fused-ring (bicyclic) bond motifs is 1. The summed E-state index contributed by atoms with van der Waals surface area (Å²) in [7, 11) is -2.20. The third-order valence-electron chi connectivity index (χ3n) is 4.88. The zero-order valence-electron chi connectivity index (χ0n) is 17.2. The Kier molecular flexibility index (Phi) is 6.00. The summed E-state index contributed by atoms with van der Waals surface area (Å²) in [5.74, 6) is 0.615. The molecule has 9 heteroatoms. The highest BCUT2D eigenvalue weighted by molar-refractivity contribution is 7.92. The molecule has 0 fully saturated rings. The summed E-state index contributed by atoms with van der Waals surface area (Å²) in [5.41, 5.74) is 1.48. The van der Waals surface area contributed by atoms with E-state index in [0.717, 1.165) is 17.7 Å². The Bertz CT molecular complexity index is 1230. The standard InChI is InChI=1S/C23H21FN2O5S/c1-26(15-16-2-11-21-22(14-16)31-13-12-30-21)23(27)17-3-9-20(10-4-17)32(28,29)25-19-7-5-18(24)6-8-19/h2-11,14,25H,12-13,15H2,1H3. The van der Waals surface area contributed by atoms with Crippen molar-refractivity contribution in [1.29, 1.82) is 0 Å². The number of anilines is 1. The number of ether oxygens (including phenoxy) is 2. The minimum absolute atomic E-state index is 0.00661. The Morgan fingerprint density at radius 1 is 0.969 bits per heavy atom. The first kappa shape index (κ1) is 21.6. The molecule has 0 saturated heterocycles. The van der Waals surface area contributed by atoms with Gasteiger partial charge in [-0.3, -0.25) is 9.52 Å². The molecule has 32 heavy (non-hydrogen) atoms. The molecule has 166 valence electrons. The van der Waals surface area contributed by atoms with Crippen LogP contribution < -0.4 is 14.2 Å². The highest BCUT2D eigenvalue weighted by atomic mass is 32.2. The second-order valence-electron chi connectivity index (χ2n) is 7.28. The van der Waals surface area contributed by atoms with E-state index in [9.17, 15) is 17.6 Å². The van der Waals surface area contributed by atoms with Crippen LogP contribution in [0.3, 0.4) is 0 Å². The van der Waals surface area contributed by atoms with Gasteiger partial charge in [0.15, 0.2) is 11.5 Å². The van der Waals surface area contributed by atoms with Gasteiger partial charge in [-0.15, -0.1) is 0 Å². The maximum Gasteiger partial charge on any atom is 0.261 e.